The first-order chi connectivity index (χ1) is 13.3. The minimum absolute atomic E-state index is 0.0200. The molecule has 152 valence electrons. The molecular weight excluding hydrogens is 418 g/mol. The van der Waals surface area contributed by atoms with Crippen LogP contribution in [0.1, 0.15) is 25.3 Å². The van der Waals surface area contributed by atoms with E-state index in [-0.39, 0.29) is 33.4 Å². The van der Waals surface area contributed by atoms with Gasteiger partial charge in [0.15, 0.2) is 0 Å². The highest BCUT2D eigenvalue weighted by molar-refractivity contribution is 7.97. The van der Waals surface area contributed by atoms with Crippen LogP contribution in [0.4, 0.5) is 17.6 Å². The van der Waals surface area contributed by atoms with Crippen LogP contribution in [-0.4, -0.2) is 24.4 Å². The minimum atomic E-state index is -2.72. The van der Waals surface area contributed by atoms with E-state index >= 15 is 0 Å². The molecule has 1 aromatic carbocycles. The minimum Gasteiger partial charge on any atom is -0.481 e. The molecule has 0 atom stereocenters. The zero-order chi connectivity index (χ0) is 20.8. The van der Waals surface area contributed by atoms with E-state index < -0.39 is 19.3 Å². The molecule has 0 spiro atoms. The van der Waals surface area contributed by atoms with Crippen molar-refractivity contribution >= 4 is 40.3 Å². The molecule has 0 fully saturated rings. The summed E-state index contributed by atoms with van der Waals surface area (Å²) < 4.78 is 59.7. The van der Waals surface area contributed by atoms with Crippen molar-refractivity contribution in [2.75, 3.05) is 7.11 Å². The average Bonchev–Trinajstić information content (AvgIpc) is 3.04. The molecule has 1 aromatic heterocycles. The molecule has 0 aliphatic heterocycles. The first kappa shape index (κ1) is 22.2. The molecule has 4 nitrogen and oxygen atoms in total. The third kappa shape index (κ3) is 5.23. The molecule has 2 N–H and O–H groups in total. The van der Waals surface area contributed by atoms with Gasteiger partial charge < -0.3 is 14.4 Å². The Bertz CT molecular complexity index is 912. The lowest BCUT2D eigenvalue weighted by Crippen LogP contribution is -2.11. The molecule has 0 radical (unpaired) electrons. The molecule has 0 bridgehead atoms. The number of aromatic nitrogens is 1. The van der Waals surface area contributed by atoms with Crippen molar-refractivity contribution < 1.29 is 22.3 Å². The SMILES string of the molecule is C=C(/N=C(OC)\C(=C/C)CC(F)F)NSc1c[nH]c2c(C(F)F)c(Cl)ccc12. The molecule has 2 aromatic rings. The summed E-state index contributed by atoms with van der Waals surface area (Å²) in [7, 11) is 1.32. The second kappa shape index (κ2) is 9.88. The number of rotatable bonds is 8. The van der Waals surface area contributed by atoms with Gasteiger partial charge in [0.1, 0.15) is 5.82 Å². The van der Waals surface area contributed by atoms with Crippen molar-refractivity contribution in [1.29, 1.82) is 0 Å². The summed E-state index contributed by atoms with van der Waals surface area (Å²) in [5.74, 6) is 0.166. The Morgan fingerprint density at radius 1 is 1.39 bits per heavy atom. The number of hydrogen-bond acceptors (Lipinski definition) is 4. The van der Waals surface area contributed by atoms with E-state index in [1.807, 2.05) is 0 Å². The number of fused-ring (bicyclic) bond motifs is 1. The van der Waals surface area contributed by atoms with E-state index in [2.05, 4.69) is 21.3 Å². The van der Waals surface area contributed by atoms with Gasteiger partial charge in [0.05, 0.1) is 28.1 Å². The zero-order valence-corrected chi connectivity index (χ0v) is 16.6. The monoisotopic (exact) mass is 435 g/mol. The van der Waals surface area contributed by atoms with Crippen LogP contribution in [0.3, 0.4) is 0 Å². The van der Waals surface area contributed by atoms with Gasteiger partial charge in [-0.3, -0.25) is 0 Å². The molecule has 28 heavy (non-hydrogen) atoms. The number of ether oxygens (including phenoxy) is 1. The number of methoxy groups -OCH3 is 1. The van der Waals surface area contributed by atoms with Crippen LogP contribution < -0.4 is 4.72 Å². The standard InChI is InChI=1S/C18H18ClF4N3OS/c1-4-10(7-14(20)21)18(27-3)25-9(2)26-28-13-8-24-16-11(13)5-6-12(19)15(16)17(22)23/h4-6,8,14,17,24,26H,2,7H2,1,3H3/b10-4-,25-18+. The number of aliphatic imine (C=N–C) groups is 1. The van der Waals surface area contributed by atoms with Crippen LogP contribution in [-0.2, 0) is 4.74 Å². The van der Waals surface area contributed by atoms with Crippen molar-refractivity contribution in [2.45, 2.75) is 31.1 Å². The van der Waals surface area contributed by atoms with Gasteiger partial charge in [0.25, 0.3) is 6.43 Å². The summed E-state index contributed by atoms with van der Waals surface area (Å²) in [6.07, 6.45) is -2.72. The van der Waals surface area contributed by atoms with E-state index in [1.54, 1.807) is 19.2 Å². The summed E-state index contributed by atoms with van der Waals surface area (Å²) in [6, 6.07) is 3.03. The third-order valence-corrected chi connectivity index (χ3v) is 4.95. The summed E-state index contributed by atoms with van der Waals surface area (Å²) in [5.41, 5.74) is 0.217. The van der Waals surface area contributed by atoms with Gasteiger partial charge >= 0.3 is 0 Å². The lowest BCUT2D eigenvalue weighted by atomic mass is 10.1. The van der Waals surface area contributed by atoms with Crippen LogP contribution in [0.2, 0.25) is 5.02 Å². The Labute approximate surface area is 168 Å². The number of aromatic amines is 1. The highest BCUT2D eigenvalue weighted by atomic mass is 35.5. The molecule has 0 amide bonds. The normalized spacial score (nSPS) is 12.9. The molecule has 0 aliphatic carbocycles. The van der Waals surface area contributed by atoms with Crippen LogP contribution in [0.25, 0.3) is 10.9 Å². The zero-order valence-electron chi connectivity index (χ0n) is 15.0. The number of halogens is 5. The number of H-pyrrole nitrogens is 1. The van der Waals surface area contributed by atoms with Crippen LogP contribution in [0, 0.1) is 0 Å². The van der Waals surface area contributed by atoms with Crippen LogP contribution >= 0.6 is 23.5 Å². The van der Waals surface area contributed by atoms with Gasteiger partial charge in [-0.1, -0.05) is 30.3 Å². The van der Waals surface area contributed by atoms with Gasteiger partial charge in [0, 0.05) is 23.6 Å². The smallest absolute Gasteiger partial charge is 0.267 e. The third-order valence-electron chi connectivity index (χ3n) is 3.73. The summed E-state index contributed by atoms with van der Waals surface area (Å²) >= 11 is 6.94. The fourth-order valence-electron chi connectivity index (χ4n) is 2.47. The van der Waals surface area contributed by atoms with Crippen molar-refractivity contribution in [3.63, 3.8) is 0 Å². The highest BCUT2D eigenvalue weighted by Crippen LogP contribution is 2.37. The molecule has 10 heteroatoms. The molecular formula is C18H18ClF4N3OS. The van der Waals surface area contributed by atoms with Crippen molar-refractivity contribution in [2.24, 2.45) is 4.99 Å². The molecule has 2 rings (SSSR count). The second-order valence-corrected chi connectivity index (χ2v) is 6.77. The van der Waals surface area contributed by atoms with Gasteiger partial charge in [0.2, 0.25) is 12.3 Å². The van der Waals surface area contributed by atoms with E-state index in [1.165, 1.54) is 19.3 Å². The second-order valence-electron chi connectivity index (χ2n) is 5.52. The van der Waals surface area contributed by atoms with Crippen molar-refractivity contribution in [3.05, 3.63) is 53.0 Å². The fourth-order valence-corrected chi connectivity index (χ4v) is 3.38. The maximum atomic E-state index is 13.2. The number of nitrogens with one attached hydrogen (secondary N) is 2. The number of hydrogen-bond donors (Lipinski definition) is 2. The van der Waals surface area contributed by atoms with Crippen molar-refractivity contribution in [3.8, 4) is 0 Å². The molecule has 0 saturated heterocycles. The first-order valence-corrected chi connectivity index (χ1v) is 9.23. The quantitative estimate of drug-likeness (QED) is 0.216. The molecule has 0 unspecified atom stereocenters. The number of benzene rings is 1. The molecule has 0 saturated carbocycles. The fraction of sp³-hybridized carbons (Fsp3) is 0.278. The van der Waals surface area contributed by atoms with E-state index in [0.717, 1.165) is 11.9 Å². The Kier molecular flexibility index (Phi) is 7.82. The Morgan fingerprint density at radius 3 is 2.68 bits per heavy atom. The van der Waals surface area contributed by atoms with E-state index in [4.69, 9.17) is 16.3 Å². The van der Waals surface area contributed by atoms with Crippen LogP contribution in [0.15, 0.2) is 52.3 Å². The summed E-state index contributed by atoms with van der Waals surface area (Å²) in [5, 5.41) is 0.526. The topological polar surface area (TPSA) is 49.4 Å². The molecule has 0 aliphatic rings. The van der Waals surface area contributed by atoms with Gasteiger partial charge in [-0.05, 0) is 24.9 Å². The summed E-state index contributed by atoms with van der Waals surface area (Å²) in [6.45, 7) is 5.32. The van der Waals surface area contributed by atoms with E-state index in [0.29, 0.717) is 10.3 Å². The Morgan fingerprint density at radius 2 is 2.11 bits per heavy atom. The van der Waals surface area contributed by atoms with Crippen molar-refractivity contribution in [1.82, 2.24) is 9.71 Å². The number of allylic oxidation sites excluding steroid dienone is 1. The van der Waals surface area contributed by atoms with Gasteiger partial charge in [-0.15, -0.1) is 0 Å². The maximum absolute atomic E-state index is 13.2. The maximum Gasteiger partial charge on any atom is 0.267 e. The lowest BCUT2D eigenvalue weighted by molar-refractivity contribution is 0.149. The largest absolute Gasteiger partial charge is 0.481 e. The highest BCUT2D eigenvalue weighted by Gasteiger charge is 2.19. The Hall–Kier alpha value is -2.13. The first-order valence-electron chi connectivity index (χ1n) is 8.04. The van der Waals surface area contributed by atoms with Gasteiger partial charge in [-0.25, -0.2) is 17.6 Å². The van der Waals surface area contributed by atoms with Gasteiger partial charge in [-0.2, -0.15) is 4.99 Å². The summed E-state index contributed by atoms with van der Waals surface area (Å²) in [4.78, 5) is 7.48. The lowest BCUT2D eigenvalue weighted by Gasteiger charge is -2.11. The number of nitrogens with zero attached hydrogens (tertiary/aromatic N) is 1. The number of alkyl halides is 4. The predicted molar refractivity (Wildman–Crippen MR) is 105 cm³/mol. The average molecular weight is 436 g/mol. The Balaban J connectivity index is 2.17. The van der Waals surface area contributed by atoms with Crippen LogP contribution in [0.5, 0.6) is 0 Å². The predicted octanol–water partition coefficient (Wildman–Crippen LogP) is 6.47. The van der Waals surface area contributed by atoms with E-state index in [9.17, 15) is 17.6 Å². The molecule has 1 heterocycles.